The quantitative estimate of drug-likeness (QED) is 0.168. The van der Waals surface area contributed by atoms with Crippen LogP contribution in [0.15, 0.2) is 107 Å². The van der Waals surface area contributed by atoms with Crippen molar-refractivity contribution in [2.24, 2.45) is 5.10 Å². The van der Waals surface area contributed by atoms with Crippen molar-refractivity contribution >= 4 is 39.4 Å². The number of amides is 2. The molecule has 4 aromatic carbocycles. The largest absolute Gasteiger partial charge is 0.497 e. The molecule has 2 N–H and O–H groups in total. The lowest BCUT2D eigenvalue weighted by atomic mass is 10.2. The number of ether oxygens (including phenoxy) is 3. The second-order valence-corrected chi connectivity index (χ2v) is 11.3. The summed E-state index contributed by atoms with van der Waals surface area (Å²) in [5, 5.41) is 6.71. The van der Waals surface area contributed by atoms with Crippen LogP contribution in [0.5, 0.6) is 17.2 Å². The summed E-state index contributed by atoms with van der Waals surface area (Å²) in [5.41, 5.74) is 4.65. The van der Waals surface area contributed by atoms with Crippen LogP contribution < -0.4 is 29.3 Å². The minimum atomic E-state index is -4.12. The number of carbonyl (C=O) groups is 2. The standard InChI is InChI=1S/C32H32N4O7S/c1-23-9-18-30(42-3)29(19-23)36(44(39,40)28-7-5-4-6-8-28)21-31(37)35-33-20-24-10-14-27(15-11-24)43-22-32(38)34-25-12-16-26(41-2)17-13-25/h4-20H,21-22H2,1-3H3,(H,34,38)(H,35,37)/b33-20+. The maximum absolute atomic E-state index is 13.6. The molecule has 0 radical (unpaired) electrons. The molecule has 12 heteroatoms. The Bertz CT molecular complexity index is 1710. The molecule has 0 aliphatic heterocycles. The summed E-state index contributed by atoms with van der Waals surface area (Å²) in [4.78, 5) is 25.1. The Morgan fingerprint density at radius 1 is 0.841 bits per heavy atom. The number of methoxy groups -OCH3 is 2. The van der Waals surface area contributed by atoms with Gasteiger partial charge in [0.05, 0.1) is 31.0 Å². The van der Waals surface area contributed by atoms with Gasteiger partial charge in [-0.3, -0.25) is 13.9 Å². The predicted octanol–water partition coefficient (Wildman–Crippen LogP) is 4.38. The third kappa shape index (κ3) is 8.35. The molecule has 228 valence electrons. The molecule has 0 aliphatic carbocycles. The lowest BCUT2D eigenvalue weighted by molar-refractivity contribution is -0.119. The number of anilines is 2. The first-order valence-electron chi connectivity index (χ1n) is 13.4. The minimum Gasteiger partial charge on any atom is -0.497 e. The van der Waals surface area contributed by atoms with E-state index < -0.39 is 22.5 Å². The molecule has 0 saturated carbocycles. The molecule has 2 amide bonds. The van der Waals surface area contributed by atoms with E-state index in [1.165, 1.54) is 25.5 Å². The Kier molecular flexibility index (Phi) is 10.5. The fourth-order valence-electron chi connectivity index (χ4n) is 4.03. The first-order valence-corrected chi connectivity index (χ1v) is 14.8. The molecule has 4 aromatic rings. The normalized spacial score (nSPS) is 11.1. The molecule has 0 saturated heterocycles. The molecule has 0 aromatic heterocycles. The molecule has 0 spiro atoms. The predicted molar refractivity (Wildman–Crippen MR) is 168 cm³/mol. The SMILES string of the molecule is COc1ccc(NC(=O)COc2ccc(/C=N/NC(=O)CN(c3cc(C)ccc3OC)S(=O)(=O)c3ccccc3)cc2)cc1. The molecule has 0 heterocycles. The zero-order valence-electron chi connectivity index (χ0n) is 24.4. The van der Waals surface area contributed by atoms with Crippen molar-refractivity contribution in [2.45, 2.75) is 11.8 Å². The number of hydrazone groups is 1. The summed E-state index contributed by atoms with van der Waals surface area (Å²) >= 11 is 0. The van der Waals surface area contributed by atoms with E-state index in [9.17, 15) is 18.0 Å². The summed E-state index contributed by atoms with van der Waals surface area (Å²) in [6.07, 6.45) is 1.40. The highest BCUT2D eigenvalue weighted by Crippen LogP contribution is 2.33. The monoisotopic (exact) mass is 616 g/mol. The van der Waals surface area contributed by atoms with Gasteiger partial charge in [-0.2, -0.15) is 5.10 Å². The molecule has 0 unspecified atom stereocenters. The third-order valence-corrected chi connectivity index (χ3v) is 8.02. The van der Waals surface area contributed by atoms with Crippen LogP contribution in [0.1, 0.15) is 11.1 Å². The topological polar surface area (TPSA) is 136 Å². The van der Waals surface area contributed by atoms with Crippen molar-refractivity contribution in [2.75, 3.05) is 37.0 Å². The molecule has 0 aliphatic rings. The number of nitrogens with zero attached hydrogens (tertiary/aromatic N) is 2. The van der Waals surface area contributed by atoms with Crippen LogP contribution in [0.2, 0.25) is 0 Å². The van der Waals surface area contributed by atoms with E-state index in [0.717, 1.165) is 9.87 Å². The molecular weight excluding hydrogens is 584 g/mol. The molecule has 44 heavy (non-hydrogen) atoms. The first-order chi connectivity index (χ1) is 21.2. The average molecular weight is 617 g/mol. The molecular formula is C32H32N4O7S. The number of benzene rings is 4. The van der Waals surface area contributed by atoms with Crippen LogP contribution >= 0.6 is 0 Å². The van der Waals surface area contributed by atoms with Crippen molar-refractivity contribution in [3.05, 3.63) is 108 Å². The summed E-state index contributed by atoms with van der Waals surface area (Å²) < 4.78 is 44.2. The number of carbonyl (C=O) groups excluding carboxylic acids is 2. The van der Waals surface area contributed by atoms with Gasteiger partial charge >= 0.3 is 0 Å². The van der Waals surface area contributed by atoms with Gasteiger partial charge in [0.15, 0.2) is 6.61 Å². The van der Waals surface area contributed by atoms with Crippen molar-refractivity contribution in [3.63, 3.8) is 0 Å². The van der Waals surface area contributed by atoms with Crippen LogP contribution in [0, 0.1) is 6.92 Å². The van der Waals surface area contributed by atoms with Crippen LogP contribution in [0.25, 0.3) is 0 Å². The fraction of sp³-hybridized carbons (Fsp3) is 0.156. The smallest absolute Gasteiger partial charge is 0.264 e. The number of rotatable bonds is 13. The summed E-state index contributed by atoms with van der Waals surface area (Å²) in [6.45, 7) is 1.08. The highest BCUT2D eigenvalue weighted by Gasteiger charge is 2.29. The maximum Gasteiger partial charge on any atom is 0.264 e. The zero-order valence-corrected chi connectivity index (χ0v) is 25.2. The zero-order chi connectivity index (χ0) is 31.5. The maximum atomic E-state index is 13.6. The van der Waals surface area contributed by atoms with E-state index in [4.69, 9.17) is 14.2 Å². The van der Waals surface area contributed by atoms with E-state index in [1.807, 2.05) is 6.92 Å². The van der Waals surface area contributed by atoms with E-state index >= 15 is 0 Å². The first kappa shape index (κ1) is 31.6. The van der Waals surface area contributed by atoms with Gasteiger partial charge in [0.1, 0.15) is 23.8 Å². The Labute approximate surface area is 256 Å². The van der Waals surface area contributed by atoms with Crippen molar-refractivity contribution in [3.8, 4) is 17.2 Å². The highest BCUT2D eigenvalue weighted by atomic mass is 32.2. The van der Waals surface area contributed by atoms with Crippen molar-refractivity contribution in [1.82, 2.24) is 5.43 Å². The lowest BCUT2D eigenvalue weighted by Crippen LogP contribution is -2.39. The Balaban J connectivity index is 1.37. The van der Waals surface area contributed by atoms with Gasteiger partial charge in [-0.1, -0.05) is 24.3 Å². The molecule has 0 atom stereocenters. The van der Waals surface area contributed by atoms with Gasteiger partial charge in [0.25, 0.3) is 21.8 Å². The van der Waals surface area contributed by atoms with Crippen LogP contribution in [-0.2, 0) is 19.6 Å². The average Bonchev–Trinajstić information content (AvgIpc) is 3.04. The highest BCUT2D eigenvalue weighted by molar-refractivity contribution is 7.92. The van der Waals surface area contributed by atoms with Gasteiger partial charge in [0, 0.05) is 5.69 Å². The summed E-state index contributed by atoms with van der Waals surface area (Å²) in [7, 11) is -1.12. The number of sulfonamides is 1. The van der Waals surface area contributed by atoms with Crippen LogP contribution in [0.3, 0.4) is 0 Å². The van der Waals surface area contributed by atoms with Gasteiger partial charge in [0.2, 0.25) is 0 Å². The van der Waals surface area contributed by atoms with E-state index in [0.29, 0.717) is 28.5 Å². The van der Waals surface area contributed by atoms with Crippen LogP contribution in [-0.4, -0.2) is 53.8 Å². The summed E-state index contributed by atoms with van der Waals surface area (Å²) in [6, 6.07) is 26.5. The number of aryl methyl sites for hydroxylation is 1. The molecule has 0 bridgehead atoms. The van der Waals surface area contributed by atoms with Crippen molar-refractivity contribution in [1.29, 1.82) is 0 Å². The fourth-order valence-corrected chi connectivity index (χ4v) is 5.47. The van der Waals surface area contributed by atoms with Crippen molar-refractivity contribution < 1.29 is 32.2 Å². The van der Waals surface area contributed by atoms with Gasteiger partial charge in [-0.05, 0) is 90.8 Å². The Hall–Kier alpha value is -5.36. The minimum absolute atomic E-state index is 0.0281. The molecule has 4 rings (SSSR count). The van der Waals surface area contributed by atoms with Crippen LogP contribution in [0.4, 0.5) is 11.4 Å². The lowest BCUT2D eigenvalue weighted by Gasteiger charge is -2.25. The van der Waals surface area contributed by atoms with E-state index in [1.54, 1.807) is 92.0 Å². The second kappa shape index (κ2) is 14.7. The van der Waals surface area contributed by atoms with E-state index in [-0.39, 0.29) is 23.1 Å². The second-order valence-electron chi connectivity index (χ2n) is 9.43. The molecule has 0 fully saturated rings. The molecule has 11 nitrogen and oxygen atoms in total. The van der Waals surface area contributed by atoms with Gasteiger partial charge < -0.3 is 19.5 Å². The Morgan fingerprint density at radius 2 is 1.52 bits per heavy atom. The number of hydrogen-bond donors (Lipinski definition) is 2. The van der Waals surface area contributed by atoms with Gasteiger partial charge in [-0.25, -0.2) is 13.8 Å². The number of nitrogens with one attached hydrogen (secondary N) is 2. The summed E-state index contributed by atoms with van der Waals surface area (Å²) in [5.74, 6) is 0.461. The number of hydrogen-bond acceptors (Lipinski definition) is 8. The van der Waals surface area contributed by atoms with Gasteiger partial charge in [-0.15, -0.1) is 0 Å². The van der Waals surface area contributed by atoms with E-state index in [2.05, 4.69) is 15.8 Å². The Morgan fingerprint density at radius 3 is 2.18 bits per heavy atom. The third-order valence-electron chi connectivity index (χ3n) is 6.25.